The molecule has 2 aromatic carbocycles. The highest BCUT2D eigenvalue weighted by atomic mass is 19.1. The van der Waals surface area contributed by atoms with Crippen LogP contribution >= 0.6 is 0 Å². The Morgan fingerprint density at radius 3 is 2.26 bits per heavy atom. The quantitative estimate of drug-likeness (QED) is 0.289. The molecule has 0 bridgehead atoms. The fraction of sp³-hybridized carbons (Fsp3) is 0.548. The zero-order valence-electron chi connectivity index (χ0n) is 24.8. The molecule has 0 radical (unpaired) electrons. The van der Waals surface area contributed by atoms with Gasteiger partial charge in [-0.05, 0) is 83.3 Å². The number of likely N-dealkylation sites (tertiary alicyclic amines) is 1. The van der Waals surface area contributed by atoms with Gasteiger partial charge in [0.25, 0.3) is 0 Å². The number of carbonyl (C=O) groups is 2. The molecule has 0 aliphatic carbocycles. The van der Waals surface area contributed by atoms with Gasteiger partial charge < -0.3 is 25.3 Å². The van der Waals surface area contributed by atoms with Gasteiger partial charge in [0.15, 0.2) is 0 Å². The second-order valence-electron chi connectivity index (χ2n) is 9.72. The van der Waals surface area contributed by atoms with Crippen LogP contribution in [0.5, 0.6) is 0 Å². The maximum absolute atomic E-state index is 14.4. The summed E-state index contributed by atoms with van der Waals surface area (Å²) in [6.07, 6.45) is 6.28. The molecule has 0 aromatic heterocycles. The van der Waals surface area contributed by atoms with Crippen LogP contribution in [0.4, 0.5) is 4.39 Å². The topological polar surface area (TPSA) is 93.1 Å². The van der Waals surface area contributed by atoms with E-state index < -0.39 is 6.10 Å². The molecule has 7 nitrogen and oxygen atoms in total. The first kappa shape index (κ1) is 36.2. The molecule has 39 heavy (non-hydrogen) atoms. The number of hydrogen-bond donors (Lipinski definition) is 3. The van der Waals surface area contributed by atoms with Crippen LogP contribution in [0.2, 0.25) is 0 Å². The Morgan fingerprint density at radius 2 is 1.77 bits per heavy atom. The van der Waals surface area contributed by atoms with Crippen molar-refractivity contribution in [1.82, 2.24) is 15.1 Å². The van der Waals surface area contributed by atoms with E-state index in [2.05, 4.69) is 10.2 Å². The Hall–Kier alpha value is -2.81. The molecule has 1 aliphatic rings. The Balaban J connectivity index is 0.000000735. The minimum absolute atomic E-state index is 0.0573. The van der Waals surface area contributed by atoms with E-state index in [1.807, 2.05) is 58.3 Å². The van der Waals surface area contributed by atoms with E-state index >= 15 is 0 Å². The van der Waals surface area contributed by atoms with Crippen LogP contribution < -0.4 is 5.32 Å². The summed E-state index contributed by atoms with van der Waals surface area (Å²) in [6.45, 7) is 9.29. The average Bonchev–Trinajstić information content (AvgIpc) is 3.46. The van der Waals surface area contributed by atoms with Crippen LogP contribution in [-0.4, -0.2) is 79.7 Å². The van der Waals surface area contributed by atoms with Crippen molar-refractivity contribution in [2.75, 3.05) is 47.4 Å². The number of rotatable bonds is 10. The minimum atomic E-state index is -0.636. The number of nitrogens with one attached hydrogen (secondary N) is 1. The third-order valence-corrected chi connectivity index (χ3v) is 5.96. The summed E-state index contributed by atoms with van der Waals surface area (Å²) in [6, 6.07) is 12.7. The lowest BCUT2D eigenvalue weighted by Gasteiger charge is -2.17. The van der Waals surface area contributed by atoms with Crippen molar-refractivity contribution < 1.29 is 24.2 Å². The number of unbranched alkanes of at least 4 members (excludes halogenated alkanes) is 1. The van der Waals surface area contributed by atoms with Crippen LogP contribution in [0.15, 0.2) is 42.5 Å². The Morgan fingerprint density at radius 1 is 1.13 bits per heavy atom. The first-order valence-electron chi connectivity index (χ1n) is 13.8. The molecule has 0 spiro atoms. The molecule has 1 aliphatic heterocycles. The fourth-order valence-corrected chi connectivity index (χ4v) is 3.99. The molecule has 1 heterocycles. The van der Waals surface area contributed by atoms with Gasteiger partial charge in [-0.15, -0.1) is 0 Å². The number of aliphatic hydroxyl groups excluding tert-OH is 2. The van der Waals surface area contributed by atoms with Gasteiger partial charge in [-0.1, -0.05) is 48.9 Å². The van der Waals surface area contributed by atoms with Crippen LogP contribution in [0.3, 0.4) is 0 Å². The third-order valence-electron chi connectivity index (χ3n) is 5.96. The number of aliphatic hydroxyl groups is 2. The molecular formula is C31H50FN3O4. The van der Waals surface area contributed by atoms with E-state index in [-0.39, 0.29) is 11.7 Å². The van der Waals surface area contributed by atoms with E-state index in [1.165, 1.54) is 25.8 Å². The molecule has 1 unspecified atom stereocenters. The van der Waals surface area contributed by atoms with E-state index in [9.17, 15) is 19.1 Å². The summed E-state index contributed by atoms with van der Waals surface area (Å²) in [4.78, 5) is 24.0. The molecular weight excluding hydrogens is 497 g/mol. The van der Waals surface area contributed by atoms with Gasteiger partial charge in [0.1, 0.15) is 5.82 Å². The highest BCUT2D eigenvalue weighted by Gasteiger charge is 2.17. The largest absolute Gasteiger partial charge is 0.400 e. The molecule has 1 atom stereocenters. The van der Waals surface area contributed by atoms with Gasteiger partial charge in [0.05, 0.1) is 6.10 Å². The lowest BCUT2D eigenvalue weighted by Crippen LogP contribution is -2.19. The smallest absolute Gasteiger partial charge is 0.216 e. The molecule has 1 saturated heterocycles. The molecule has 3 N–H and O–H groups in total. The normalized spacial score (nSPS) is 12.7. The molecule has 3 rings (SSSR count). The van der Waals surface area contributed by atoms with Crippen LogP contribution in [0.25, 0.3) is 11.1 Å². The van der Waals surface area contributed by atoms with Gasteiger partial charge in [0.2, 0.25) is 12.3 Å². The van der Waals surface area contributed by atoms with Gasteiger partial charge in [-0.2, -0.15) is 0 Å². The van der Waals surface area contributed by atoms with Crippen molar-refractivity contribution in [3.05, 3.63) is 59.4 Å². The zero-order chi connectivity index (χ0) is 29.6. The lowest BCUT2D eigenvalue weighted by atomic mass is 9.92. The van der Waals surface area contributed by atoms with Crippen molar-refractivity contribution in [1.29, 1.82) is 0 Å². The molecule has 1 fully saturated rings. The van der Waals surface area contributed by atoms with E-state index in [1.54, 1.807) is 11.0 Å². The van der Waals surface area contributed by atoms with Gasteiger partial charge in [-0.25, -0.2) is 4.39 Å². The van der Waals surface area contributed by atoms with Crippen molar-refractivity contribution in [3.8, 4) is 11.1 Å². The third kappa shape index (κ3) is 16.0. The first-order chi connectivity index (χ1) is 18.7. The van der Waals surface area contributed by atoms with Crippen molar-refractivity contribution in [2.45, 2.75) is 65.4 Å². The average molecular weight is 548 g/mol. The second kappa shape index (κ2) is 22.1. The fourth-order valence-electron chi connectivity index (χ4n) is 3.99. The molecule has 220 valence electrons. The molecule has 8 heteroatoms. The number of benzene rings is 2. The molecule has 0 saturated carbocycles. The van der Waals surface area contributed by atoms with E-state index in [0.29, 0.717) is 17.5 Å². The van der Waals surface area contributed by atoms with Crippen LogP contribution in [-0.2, 0) is 9.59 Å². The standard InChI is InChI=1S/C20H26FNO.C5H9NO.C5H11NO.CH4O/c1-15-8-6-9-16(14-15)20-17(10-7-11-18(20)21)19(23)12-4-5-13-22(2)3;7-5-6-3-1-2-4-6;1-3-4-6-5(2)7;1-2/h6-11,14,19,23H,4-5,12-13H2,1-3H3;5H,1-4H2;3-4H2,1-2H3,(H,6,7);2H,1H3. The number of carbonyl (C=O) groups excluding carboxylic acids is 2. The predicted octanol–water partition coefficient (Wildman–Crippen LogP) is 4.95. The summed E-state index contributed by atoms with van der Waals surface area (Å²) in [7, 11) is 5.08. The van der Waals surface area contributed by atoms with Crippen molar-refractivity contribution in [2.24, 2.45) is 0 Å². The SMILES string of the molecule is CCCNC(C)=O.CO.Cc1cccc(-c2c(F)cccc2C(O)CCCCN(C)C)c1.O=CN1CCCC1. The van der Waals surface area contributed by atoms with Crippen LogP contribution in [0.1, 0.15) is 69.6 Å². The zero-order valence-corrected chi connectivity index (χ0v) is 24.8. The number of aryl methyl sites for hydroxylation is 1. The van der Waals surface area contributed by atoms with Crippen molar-refractivity contribution >= 4 is 12.3 Å². The lowest BCUT2D eigenvalue weighted by molar-refractivity contribution is -0.119. The second-order valence-corrected chi connectivity index (χ2v) is 9.72. The number of amides is 2. The summed E-state index contributed by atoms with van der Waals surface area (Å²) in [5, 5.41) is 20.2. The maximum atomic E-state index is 14.4. The number of nitrogens with zero attached hydrogens (tertiary/aromatic N) is 2. The summed E-state index contributed by atoms with van der Waals surface area (Å²) < 4.78 is 14.4. The number of halogens is 1. The van der Waals surface area contributed by atoms with E-state index in [0.717, 1.165) is 70.1 Å². The molecule has 2 aromatic rings. The Labute approximate surface area is 235 Å². The summed E-state index contributed by atoms with van der Waals surface area (Å²) >= 11 is 0. The number of hydrogen-bond acceptors (Lipinski definition) is 5. The predicted molar refractivity (Wildman–Crippen MR) is 158 cm³/mol. The van der Waals surface area contributed by atoms with E-state index in [4.69, 9.17) is 5.11 Å². The summed E-state index contributed by atoms with van der Waals surface area (Å²) in [5.74, 6) is -0.220. The highest BCUT2D eigenvalue weighted by Crippen LogP contribution is 2.33. The van der Waals surface area contributed by atoms with Gasteiger partial charge in [-0.3, -0.25) is 9.59 Å². The Kier molecular flexibility index (Phi) is 20.5. The Bertz CT molecular complexity index is 934. The monoisotopic (exact) mass is 547 g/mol. The highest BCUT2D eigenvalue weighted by molar-refractivity contribution is 5.72. The molecule has 2 amide bonds. The van der Waals surface area contributed by atoms with Gasteiger partial charge >= 0.3 is 0 Å². The van der Waals surface area contributed by atoms with Gasteiger partial charge in [0, 0.05) is 39.2 Å². The van der Waals surface area contributed by atoms with Crippen LogP contribution in [0, 0.1) is 12.7 Å². The summed E-state index contributed by atoms with van der Waals surface area (Å²) in [5.41, 5.74) is 3.11. The maximum Gasteiger partial charge on any atom is 0.216 e. The first-order valence-corrected chi connectivity index (χ1v) is 13.8. The van der Waals surface area contributed by atoms with Crippen molar-refractivity contribution in [3.63, 3.8) is 0 Å². The minimum Gasteiger partial charge on any atom is -0.400 e.